The Labute approximate surface area is 195 Å². The van der Waals surface area contributed by atoms with Crippen LogP contribution >= 0.6 is 24.0 Å². The highest BCUT2D eigenvalue weighted by Gasteiger charge is 2.42. The van der Waals surface area contributed by atoms with Crippen molar-refractivity contribution in [2.24, 2.45) is 0 Å². The monoisotopic (exact) mass is 481 g/mol. The molecule has 3 heterocycles. The van der Waals surface area contributed by atoms with Crippen LogP contribution in [-0.2, 0) is 14.6 Å². The number of carbonyl (C=O) groups is 1. The lowest BCUT2D eigenvalue weighted by atomic mass is 10.1. The van der Waals surface area contributed by atoms with Crippen LogP contribution in [0.25, 0.3) is 23.0 Å². The van der Waals surface area contributed by atoms with Crippen molar-refractivity contribution in [2.75, 3.05) is 11.5 Å². The second-order valence-electron chi connectivity index (χ2n) is 7.69. The maximum Gasteiger partial charge on any atom is 0.266 e. The van der Waals surface area contributed by atoms with E-state index in [1.807, 2.05) is 66.9 Å². The van der Waals surface area contributed by atoms with Gasteiger partial charge in [-0.2, -0.15) is 5.10 Å². The van der Waals surface area contributed by atoms with Crippen LogP contribution in [0.5, 0.6) is 0 Å². The molecule has 5 rings (SSSR count). The van der Waals surface area contributed by atoms with E-state index in [1.165, 1.54) is 16.7 Å². The third-order valence-corrected chi connectivity index (χ3v) is 8.57. The molecule has 0 spiro atoms. The molecular formula is C23H19N3O3S3. The van der Waals surface area contributed by atoms with Crippen molar-refractivity contribution in [2.45, 2.75) is 12.5 Å². The Morgan fingerprint density at radius 1 is 1.06 bits per heavy atom. The van der Waals surface area contributed by atoms with Crippen molar-refractivity contribution >= 4 is 50.1 Å². The SMILES string of the molecule is O=C1/C(=C/c2cn(-c3ccccc3)nc2-c2ccccc2)SC(=S)N1[C@@H]1CCS(=O)(=O)C1. The molecule has 162 valence electrons. The first-order valence-electron chi connectivity index (χ1n) is 10.1. The van der Waals surface area contributed by atoms with E-state index in [9.17, 15) is 13.2 Å². The average Bonchev–Trinajstić information content (AvgIpc) is 3.45. The van der Waals surface area contributed by atoms with E-state index in [1.54, 1.807) is 10.8 Å². The quantitative estimate of drug-likeness (QED) is 0.415. The van der Waals surface area contributed by atoms with E-state index in [2.05, 4.69) is 0 Å². The first kappa shape index (κ1) is 21.1. The van der Waals surface area contributed by atoms with E-state index in [0.717, 1.165) is 22.5 Å². The molecule has 3 aromatic rings. The fourth-order valence-corrected chi connectivity index (χ4v) is 7.03. The van der Waals surface area contributed by atoms with Crippen LogP contribution in [0.4, 0.5) is 0 Å². The van der Waals surface area contributed by atoms with Crippen molar-refractivity contribution in [1.29, 1.82) is 0 Å². The maximum atomic E-state index is 13.2. The number of sulfone groups is 1. The lowest BCUT2D eigenvalue weighted by Crippen LogP contribution is -2.39. The topological polar surface area (TPSA) is 72.3 Å². The predicted octanol–water partition coefficient (Wildman–Crippen LogP) is 3.93. The van der Waals surface area contributed by atoms with Crippen LogP contribution in [-0.4, -0.2) is 50.9 Å². The smallest absolute Gasteiger partial charge is 0.266 e. The van der Waals surface area contributed by atoms with Gasteiger partial charge in [-0.15, -0.1) is 0 Å². The van der Waals surface area contributed by atoms with Gasteiger partial charge in [-0.05, 0) is 24.6 Å². The number of aromatic nitrogens is 2. The average molecular weight is 482 g/mol. The summed E-state index contributed by atoms with van der Waals surface area (Å²) in [7, 11) is -3.12. The molecular weight excluding hydrogens is 462 g/mol. The van der Waals surface area contributed by atoms with E-state index >= 15 is 0 Å². The number of benzene rings is 2. The minimum Gasteiger partial charge on any atom is -0.289 e. The van der Waals surface area contributed by atoms with Crippen molar-refractivity contribution in [3.8, 4) is 16.9 Å². The lowest BCUT2D eigenvalue weighted by Gasteiger charge is -2.20. The number of rotatable bonds is 4. The predicted molar refractivity (Wildman–Crippen MR) is 131 cm³/mol. The van der Waals surface area contributed by atoms with Crippen LogP contribution in [0.15, 0.2) is 71.8 Å². The van der Waals surface area contributed by atoms with E-state index < -0.39 is 9.84 Å². The second kappa shape index (κ2) is 8.31. The lowest BCUT2D eigenvalue weighted by molar-refractivity contribution is -0.123. The van der Waals surface area contributed by atoms with Gasteiger partial charge in [0.25, 0.3) is 5.91 Å². The van der Waals surface area contributed by atoms with Crippen molar-refractivity contribution < 1.29 is 13.2 Å². The van der Waals surface area contributed by atoms with Gasteiger partial charge in [0.05, 0.1) is 33.8 Å². The summed E-state index contributed by atoms with van der Waals surface area (Å²) in [5.41, 5.74) is 3.39. The van der Waals surface area contributed by atoms with Gasteiger partial charge in [0.15, 0.2) is 9.84 Å². The third-order valence-electron chi connectivity index (χ3n) is 5.49. The molecule has 6 nitrogen and oxygen atoms in total. The van der Waals surface area contributed by atoms with Crippen LogP contribution in [0, 0.1) is 0 Å². The molecule has 0 unspecified atom stereocenters. The molecule has 1 amide bonds. The summed E-state index contributed by atoms with van der Waals surface area (Å²) in [6, 6.07) is 19.2. The Morgan fingerprint density at radius 3 is 2.41 bits per heavy atom. The summed E-state index contributed by atoms with van der Waals surface area (Å²) in [5, 5.41) is 4.78. The number of hydrogen-bond acceptors (Lipinski definition) is 6. The standard InChI is InChI=1S/C23H19N3O3S3/c27-22-20(31-23(30)26(22)19-11-12-32(28,29)15-19)13-17-14-25(18-9-5-2-6-10-18)24-21(17)16-7-3-1-4-8-16/h1-10,13-14,19H,11-12,15H2/b20-13-/t19-/m1/s1. The molecule has 2 aliphatic rings. The number of carbonyl (C=O) groups excluding carboxylic acids is 1. The van der Waals surface area contributed by atoms with Gasteiger partial charge in [-0.1, -0.05) is 72.5 Å². The number of amides is 1. The van der Waals surface area contributed by atoms with Crippen LogP contribution in [0.3, 0.4) is 0 Å². The third kappa shape index (κ3) is 4.03. The molecule has 1 atom stereocenters. The molecule has 2 aliphatic heterocycles. The van der Waals surface area contributed by atoms with Gasteiger partial charge in [0, 0.05) is 17.3 Å². The molecule has 2 fully saturated rings. The normalized spacial score (nSPS) is 21.6. The van der Waals surface area contributed by atoms with Gasteiger partial charge in [-0.25, -0.2) is 13.1 Å². The fraction of sp³-hybridized carbons (Fsp3) is 0.174. The van der Waals surface area contributed by atoms with Crippen molar-refractivity contribution in [3.63, 3.8) is 0 Å². The molecule has 0 bridgehead atoms. The Hall–Kier alpha value is -2.75. The van der Waals surface area contributed by atoms with E-state index in [0.29, 0.717) is 15.6 Å². The zero-order chi connectivity index (χ0) is 22.3. The van der Waals surface area contributed by atoms with E-state index in [-0.39, 0.29) is 23.5 Å². The summed E-state index contributed by atoms with van der Waals surface area (Å²) in [6.45, 7) is 0. The van der Waals surface area contributed by atoms with Crippen LogP contribution in [0.2, 0.25) is 0 Å². The molecule has 0 radical (unpaired) electrons. The van der Waals surface area contributed by atoms with Crippen LogP contribution in [0.1, 0.15) is 12.0 Å². The van der Waals surface area contributed by atoms with Gasteiger partial charge in [-0.3, -0.25) is 9.69 Å². The first-order valence-corrected chi connectivity index (χ1v) is 13.1. The molecule has 2 saturated heterocycles. The Bertz CT molecular complexity index is 1330. The minimum absolute atomic E-state index is 0.0338. The highest BCUT2D eigenvalue weighted by Crippen LogP contribution is 2.37. The highest BCUT2D eigenvalue weighted by molar-refractivity contribution is 8.26. The first-order chi connectivity index (χ1) is 15.4. The molecule has 0 saturated carbocycles. The largest absolute Gasteiger partial charge is 0.289 e. The van der Waals surface area contributed by atoms with Gasteiger partial charge in [0.1, 0.15) is 4.32 Å². The number of thiocarbonyl (C=S) groups is 1. The minimum atomic E-state index is -3.12. The number of nitrogens with zero attached hydrogens (tertiary/aromatic N) is 3. The number of hydrogen-bond donors (Lipinski definition) is 0. The highest BCUT2D eigenvalue weighted by atomic mass is 32.2. The van der Waals surface area contributed by atoms with Crippen molar-refractivity contribution in [1.82, 2.24) is 14.7 Å². The Morgan fingerprint density at radius 2 is 1.75 bits per heavy atom. The summed E-state index contributed by atoms with van der Waals surface area (Å²) in [4.78, 5) is 15.1. The summed E-state index contributed by atoms with van der Waals surface area (Å²) < 4.78 is 26.0. The molecule has 2 aromatic carbocycles. The molecule has 1 aromatic heterocycles. The molecule has 32 heavy (non-hydrogen) atoms. The Kier molecular flexibility index (Phi) is 5.48. The van der Waals surface area contributed by atoms with E-state index in [4.69, 9.17) is 17.3 Å². The fourth-order valence-electron chi connectivity index (χ4n) is 3.94. The van der Waals surface area contributed by atoms with Crippen LogP contribution < -0.4 is 0 Å². The van der Waals surface area contributed by atoms with Gasteiger partial charge in [0.2, 0.25) is 0 Å². The summed E-state index contributed by atoms with van der Waals surface area (Å²) in [6.07, 6.45) is 4.12. The molecule has 0 aliphatic carbocycles. The Balaban J connectivity index is 1.54. The second-order valence-corrected chi connectivity index (χ2v) is 11.6. The van der Waals surface area contributed by atoms with Gasteiger partial charge >= 0.3 is 0 Å². The zero-order valence-electron chi connectivity index (χ0n) is 16.9. The van der Waals surface area contributed by atoms with Crippen molar-refractivity contribution in [3.05, 3.63) is 77.3 Å². The van der Waals surface area contributed by atoms with Gasteiger partial charge < -0.3 is 0 Å². The maximum absolute atomic E-state index is 13.2. The number of para-hydroxylation sites is 1. The summed E-state index contributed by atoms with van der Waals surface area (Å²) >= 11 is 6.65. The zero-order valence-corrected chi connectivity index (χ0v) is 19.4. The molecule has 9 heteroatoms. The molecule has 0 N–H and O–H groups in total. The summed E-state index contributed by atoms with van der Waals surface area (Å²) in [5.74, 6) is -0.183. The number of thioether (sulfide) groups is 1.